The number of phenols is 1. The third kappa shape index (κ3) is 9.66. The minimum atomic E-state index is -3.61. The lowest BCUT2D eigenvalue weighted by atomic mass is 10.1. The Labute approximate surface area is 222 Å². The molecule has 38 heavy (non-hydrogen) atoms. The largest absolute Gasteiger partial charge is 0.506 e. The number of hydrogen-bond donors (Lipinski definition) is 5. The van der Waals surface area contributed by atoms with Gasteiger partial charge in [-0.1, -0.05) is 30.3 Å². The number of aromatic hydroxyl groups is 1. The molecule has 0 saturated carbocycles. The monoisotopic (exact) mass is 564 g/mol. The van der Waals surface area contributed by atoms with Crippen LogP contribution in [-0.2, 0) is 21.0 Å². The third-order valence-corrected chi connectivity index (χ3v) is 7.61. The molecular formula is C26H33N2O8PS. The number of hydrogen-bond acceptors (Lipinski definition) is 8. The molecule has 0 amide bonds. The molecule has 0 aliphatic carbocycles. The molecule has 0 spiro atoms. The normalized spacial score (nSPS) is 14.7. The maximum atomic E-state index is 12.5. The van der Waals surface area contributed by atoms with Gasteiger partial charge in [0, 0.05) is 24.0 Å². The van der Waals surface area contributed by atoms with Crippen LogP contribution in [0.3, 0.4) is 0 Å². The van der Waals surface area contributed by atoms with E-state index < -0.39 is 23.5 Å². The van der Waals surface area contributed by atoms with Crippen LogP contribution in [0.2, 0.25) is 0 Å². The van der Waals surface area contributed by atoms with Crippen LogP contribution in [0.1, 0.15) is 12.5 Å². The first-order valence-electron chi connectivity index (χ1n) is 11.9. The Hall–Kier alpha value is -3.08. The van der Waals surface area contributed by atoms with Crippen molar-refractivity contribution < 1.29 is 37.6 Å². The molecule has 0 aliphatic heterocycles. The predicted octanol–water partition coefficient (Wildman–Crippen LogP) is 2.66. The Morgan fingerprint density at radius 3 is 2.29 bits per heavy atom. The summed E-state index contributed by atoms with van der Waals surface area (Å²) in [5.41, 5.74) is 1.01. The Morgan fingerprint density at radius 1 is 0.974 bits per heavy atom. The molecule has 0 radical (unpaired) electrons. The lowest BCUT2D eigenvalue weighted by molar-refractivity contribution is 0.104. The van der Waals surface area contributed by atoms with Crippen molar-refractivity contribution in [2.24, 2.45) is 0 Å². The number of aliphatic hydroxyl groups excluding tert-OH is 1. The molecule has 3 rings (SSSR count). The molecule has 12 heteroatoms. The SMILES string of the molecule is CC(Cc1ccc(OCP(=O)(O)c2ccccc2)cc1)NCC(O)COc1ccc(O)c(NS(C)(=O)=O)c1. The fourth-order valence-corrected chi connectivity index (χ4v) is 5.19. The van der Waals surface area contributed by atoms with Crippen molar-refractivity contribution >= 4 is 28.4 Å². The predicted molar refractivity (Wildman–Crippen MR) is 147 cm³/mol. The second kappa shape index (κ2) is 13.1. The van der Waals surface area contributed by atoms with Gasteiger partial charge in [-0.05, 0) is 55.3 Å². The van der Waals surface area contributed by atoms with Gasteiger partial charge in [0.1, 0.15) is 30.0 Å². The number of anilines is 1. The quantitative estimate of drug-likeness (QED) is 0.147. The Morgan fingerprint density at radius 2 is 1.63 bits per heavy atom. The van der Waals surface area contributed by atoms with Crippen molar-refractivity contribution in [3.63, 3.8) is 0 Å². The zero-order chi connectivity index (χ0) is 27.8. The van der Waals surface area contributed by atoms with E-state index in [9.17, 15) is 28.1 Å². The summed E-state index contributed by atoms with van der Waals surface area (Å²) in [6.45, 7) is 2.20. The van der Waals surface area contributed by atoms with E-state index in [1.807, 2.05) is 19.1 Å². The molecule has 3 aromatic rings. The minimum Gasteiger partial charge on any atom is -0.506 e. The molecule has 0 aromatic heterocycles. The summed E-state index contributed by atoms with van der Waals surface area (Å²) in [6.07, 6.45) is 0.510. The molecule has 0 fully saturated rings. The van der Waals surface area contributed by atoms with Crippen molar-refractivity contribution in [3.05, 3.63) is 78.4 Å². The minimum absolute atomic E-state index is 0.00998. The summed E-state index contributed by atoms with van der Waals surface area (Å²) in [6, 6.07) is 19.8. The Kier molecular flexibility index (Phi) is 10.2. The van der Waals surface area contributed by atoms with Crippen LogP contribution >= 0.6 is 7.37 Å². The van der Waals surface area contributed by atoms with E-state index in [1.165, 1.54) is 18.2 Å². The summed E-state index contributed by atoms with van der Waals surface area (Å²) in [5, 5.41) is 23.6. The van der Waals surface area contributed by atoms with Crippen LogP contribution in [0.15, 0.2) is 72.8 Å². The Balaban J connectivity index is 1.41. The van der Waals surface area contributed by atoms with E-state index in [4.69, 9.17) is 9.47 Å². The number of rotatable bonds is 14. The van der Waals surface area contributed by atoms with Crippen molar-refractivity contribution in [1.82, 2.24) is 5.32 Å². The van der Waals surface area contributed by atoms with E-state index in [1.54, 1.807) is 42.5 Å². The molecule has 3 unspecified atom stereocenters. The summed E-state index contributed by atoms with van der Waals surface area (Å²) in [4.78, 5) is 10.2. The lowest BCUT2D eigenvalue weighted by Gasteiger charge is -2.18. The van der Waals surface area contributed by atoms with Crippen molar-refractivity contribution in [2.45, 2.75) is 25.5 Å². The number of sulfonamides is 1. The van der Waals surface area contributed by atoms with Crippen molar-refractivity contribution in [3.8, 4) is 17.2 Å². The second-order valence-corrected chi connectivity index (χ2v) is 12.9. The molecular weight excluding hydrogens is 531 g/mol. The van der Waals surface area contributed by atoms with Crippen LogP contribution in [0.5, 0.6) is 17.2 Å². The van der Waals surface area contributed by atoms with Gasteiger partial charge in [0.15, 0.2) is 6.35 Å². The maximum Gasteiger partial charge on any atom is 0.265 e. The number of nitrogens with one attached hydrogen (secondary N) is 2. The maximum absolute atomic E-state index is 12.5. The third-order valence-electron chi connectivity index (χ3n) is 5.44. The van der Waals surface area contributed by atoms with Gasteiger partial charge in [-0.3, -0.25) is 9.29 Å². The number of ether oxygens (including phenoxy) is 2. The average Bonchev–Trinajstić information content (AvgIpc) is 2.87. The van der Waals surface area contributed by atoms with Gasteiger partial charge in [0.2, 0.25) is 10.0 Å². The number of benzene rings is 3. The lowest BCUT2D eigenvalue weighted by Crippen LogP contribution is -2.37. The zero-order valence-electron chi connectivity index (χ0n) is 21.1. The van der Waals surface area contributed by atoms with E-state index in [0.29, 0.717) is 23.2 Å². The fourth-order valence-electron chi connectivity index (χ4n) is 3.52. The smallest absolute Gasteiger partial charge is 0.265 e. The molecule has 0 aliphatic rings. The van der Waals surface area contributed by atoms with Crippen LogP contribution < -0.4 is 24.8 Å². The van der Waals surface area contributed by atoms with Crippen molar-refractivity contribution in [1.29, 1.82) is 0 Å². The summed E-state index contributed by atoms with van der Waals surface area (Å²) < 4.78 is 48.6. The zero-order valence-corrected chi connectivity index (χ0v) is 22.9. The van der Waals surface area contributed by atoms with Gasteiger partial charge in [-0.2, -0.15) is 0 Å². The molecule has 0 bridgehead atoms. The van der Waals surface area contributed by atoms with Gasteiger partial charge in [-0.25, -0.2) is 8.42 Å². The topological polar surface area (TPSA) is 154 Å². The highest BCUT2D eigenvalue weighted by Crippen LogP contribution is 2.39. The highest BCUT2D eigenvalue weighted by atomic mass is 32.2. The van der Waals surface area contributed by atoms with Crippen LogP contribution in [0, 0.1) is 0 Å². The van der Waals surface area contributed by atoms with Crippen molar-refractivity contribution in [2.75, 3.05) is 30.5 Å². The van der Waals surface area contributed by atoms with E-state index in [-0.39, 0.29) is 37.0 Å². The summed E-state index contributed by atoms with van der Waals surface area (Å²) in [7, 11) is -7.17. The van der Waals surface area contributed by atoms with Crippen LogP contribution in [-0.4, -0.2) is 61.4 Å². The van der Waals surface area contributed by atoms with E-state index in [2.05, 4.69) is 10.0 Å². The second-order valence-electron chi connectivity index (χ2n) is 8.99. The summed E-state index contributed by atoms with van der Waals surface area (Å²) in [5.74, 6) is 0.555. The van der Waals surface area contributed by atoms with Crippen LogP contribution in [0.25, 0.3) is 0 Å². The highest BCUT2D eigenvalue weighted by molar-refractivity contribution is 7.92. The van der Waals surface area contributed by atoms with Gasteiger partial charge >= 0.3 is 0 Å². The molecule has 0 saturated heterocycles. The van der Waals surface area contributed by atoms with Gasteiger partial charge in [0.05, 0.1) is 11.9 Å². The summed E-state index contributed by atoms with van der Waals surface area (Å²) >= 11 is 0. The molecule has 5 N–H and O–H groups in total. The standard InChI is InChI=1S/C26H33N2O8PS/c1-19(27-16-21(29)17-35-23-12-13-26(30)25(15-23)28-38(2,33)34)14-20-8-10-22(11-9-20)36-18-37(31,32)24-6-4-3-5-7-24/h3-13,15,19,21,27-30H,14,16-18H2,1-2H3,(H,31,32). The first kappa shape index (κ1) is 29.5. The van der Waals surface area contributed by atoms with Gasteiger partial charge < -0.3 is 29.9 Å². The van der Waals surface area contributed by atoms with Gasteiger partial charge in [0.25, 0.3) is 7.37 Å². The number of phenolic OH excluding ortho intramolecular Hbond substituents is 1. The Bertz CT molecular complexity index is 1340. The fraction of sp³-hybridized carbons (Fsp3) is 0.308. The highest BCUT2D eigenvalue weighted by Gasteiger charge is 2.22. The molecule has 3 aromatic carbocycles. The van der Waals surface area contributed by atoms with E-state index >= 15 is 0 Å². The first-order chi connectivity index (χ1) is 17.9. The van der Waals surface area contributed by atoms with Gasteiger partial charge in [-0.15, -0.1) is 0 Å². The number of aliphatic hydroxyl groups is 1. The molecule has 0 heterocycles. The average molecular weight is 565 g/mol. The molecule has 10 nitrogen and oxygen atoms in total. The van der Waals surface area contributed by atoms with Crippen LogP contribution in [0.4, 0.5) is 5.69 Å². The van der Waals surface area contributed by atoms with E-state index in [0.717, 1.165) is 11.8 Å². The molecule has 206 valence electrons. The first-order valence-corrected chi connectivity index (χ1v) is 15.6. The molecule has 3 atom stereocenters.